The molecule has 0 aliphatic carbocycles. The quantitative estimate of drug-likeness (QED) is 0.748. The van der Waals surface area contributed by atoms with Gasteiger partial charge in [-0.3, -0.25) is 9.59 Å². The Kier molecular flexibility index (Phi) is 7.80. The first kappa shape index (κ1) is 20.9. The number of hydrogen-bond donors (Lipinski definition) is 1. The number of amides is 2. The van der Waals surface area contributed by atoms with Crippen LogP contribution in [0, 0.1) is 5.82 Å². The second-order valence-electron chi connectivity index (χ2n) is 6.24. The van der Waals surface area contributed by atoms with Gasteiger partial charge >= 0.3 is 0 Å². The summed E-state index contributed by atoms with van der Waals surface area (Å²) in [5.41, 5.74) is 1.21. The number of carbonyl (C=O) groups excluding carboxylic acids is 2. The highest BCUT2D eigenvalue weighted by molar-refractivity contribution is 6.31. The second-order valence-corrected chi connectivity index (χ2v) is 6.65. The van der Waals surface area contributed by atoms with Crippen LogP contribution in [0.4, 0.5) is 4.39 Å². The van der Waals surface area contributed by atoms with Gasteiger partial charge in [-0.1, -0.05) is 54.9 Å². The Morgan fingerprint density at radius 2 is 1.85 bits per heavy atom. The molecule has 2 rings (SSSR count). The van der Waals surface area contributed by atoms with Crippen LogP contribution in [0.5, 0.6) is 0 Å². The lowest BCUT2D eigenvalue weighted by atomic mass is 10.1. The van der Waals surface area contributed by atoms with Gasteiger partial charge in [0.2, 0.25) is 11.8 Å². The molecule has 0 aromatic heterocycles. The number of benzene rings is 2. The van der Waals surface area contributed by atoms with Crippen LogP contribution in [0.2, 0.25) is 5.02 Å². The molecular weight excluding hydrogens is 367 g/mol. The fraction of sp³-hybridized carbons (Fsp3) is 0.333. The molecule has 2 aromatic carbocycles. The minimum atomic E-state index is -0.614. The average Bonchev–Trinajstić information content (AvgIpc) is 2.68. The maximum atomic E-state index is 14.1. The summed E-state index contributed by atoms with van der Waals surface area (Å²) in [6.45, 7) is 2.21. The summed E-state index contributed by atoms with van der Waals surface area (Å²) in [4.78, 5) is 26.8. The fourth-order valence-corrected chi connectivity index (χ4v) is 3.25. The molecule has 0 unspecified atom stereocenters. The zero-order chi connectivity index (χ0) is 19.8. The van der Waals surface area contributed by atoms with E-state index >= 15 is 0 Å². The van der Waals surface area contributed by atoms with Crippen LogP contribution in [-0.4, -0.2) is 36.3 Å². The average molecular weight is 391 g/mol. The van der Waals surface area contributed by atoms with Crippen LogP contribution in [0.25, 0.3) is 0 Å². The summed E-state index contributed by atoms with van der Waals surface area (Å²) in [6, 6.07) is 13.4. The third kappa shape index (κ3) is 5.54. The smallest absolute Gasteiger partial charge is 0.242 e. The molecule has 0 aliphatic heterocycles. The highest BCUT2D eigenvalue weighted by Crippen LogP contribution is 2.21. The Hall–Kier alpha value is -2.40. The van der Waals surface area contributed by atoms with Crippen molar-refractivity contribution >= 4 is 23.4 Å². The number of likely N-dealkylation sites (N-methyl/N-ethyl adjacent to an activating group) is 1. The van der Waals surface area contributed by atoms with Crippen molar-refractivity contribution in [2.24, 2.45) is 0 Å². The molecule has 0 bridgehead atoms. The van der Waals surface area contributed by atoms with Gasteiger partial charge < -0.3 is 10.2 Å². The summed E-state index contributed by atoms with van der Waals surface area (Å²) >= 11 is 6.06. The number of rotatable bonds is 8. The van der Waals surface area contributed by atoms with Gasteiger partial charge in [-0.05, 0) is 30.5 Å². The monoisotopic (exact) mass is 390 g/mol. The van der Waals surface area contributed by atoms with Crippen molar-refractivity contribution in [1.82, 2.24) is 10.2 Å². The molecule has 2 aromatic rings. The van der Waals surface area contributed by atoms with Crippen molar-refractivity contribution in [3.63, 3.8) is 0 Å². The third-order valence-electron chi connectivity index (χ3n) is 4.51. The first-order chi connectivity index (χ1) is 13.0. The van der Waals surface area contributed by atoms with E-state index in [1.807, 2.05) is 37.3 Å². The molecule has 0 radical (unpaired) electrons. The number of nitrogens with one attached hydrogen (secondary N) is 1. The highest BCUT2D eigenvalue weighted by atomic mass is 35.5. The molecule has 0 spiro atoms. The number of halogens is 2. The van der Waals surface area contributed by atoms with Crippen molar-refractivity contribution in [1.29, 1.82) is 0 Å². The molecule has 6 heteroatoms. The summed E-state index contributed by atoms with van der Waals surface area (Å²) in [5, 5.41) is 2.81. The number of hydrogen-bond acceptors (Lipinski definition) is 2. The SMILES string of the molecule is CC[C@H](C(=O)NC)N(CCc1ccccc1)C(=O)Cc1c(F)cccc1Cl. The molecule has 2 amide bonds. The Labute approximate surface area is 164 Å². The van der Waals surface area contributed by atoms with Gasteiger partial charge in [0.05, 0.1) is 6.42 Å². The topological polar surface area (TPSA) is 49.4 Å². The molecule has 27 heavy (non-hydrogen) atoms. The first-order valence-corrected chi connectivity index (χ1v) is 9.33. The zero-order valence-corrected chi connectivity index (χ0v) is 16.3. The van der Waals surface area contributed by atoms with Gasteiger partial charge in [-0.15, -0.1) is 0 Å². The van der Waals surface area contributed by atoms with Gasteiger partial charge in [0, 0.05) is 24.2 Å². The van der Waals surface area contributed by atoms with Crippen molar-refractivity contribution in [3.8, 4) is 0 Å². The molecule has 4 nitrogen and oxygen atoms in total. The molecule has 1 atom stereocenters. The van der Waals surface area contributed by atoms with Gasteiger partial charge in [0.15, 0.2) is 0 Å². The van der Waals surface area contributed by atoms with Crippen LogP contribution in [-0.2, 0) is 22.4 Å². The Morgan fingerprint density at radius 3 is 2.44 bits per heavy atom. The van der Waals surface area contributed by atoms with Crippen LogP contribution in [0.1, 0.15) is 24.5 Å². The normalized spacial score (nSPS) is 11.7. The van der Waals surface area contributed by atoms with Crippen molar-refractivity contribution in [3.05, 3.63) is 70.5 Å². The van der Waals surface area contributed by atoms with Gasteiger partial charge in [0.25, 0.3) is 0 Å². The minimum absolute atomic E-state index is 0.153. The first-order valence-electron chi connectivity index (χ1n) is 8.95. The van der Waals surface area contributed by atoms with Crippen LogP contribution in [0.3, 0.4) is 0 Å². The summed E-state index contributed by atoms with van der Waals surface area (Å²) in [5.74, 6) is -1.08. The predicted molar refractivity (Wildman–Crippen MR) is 105 cm³/mol. The molecule has 144 valence electrons. The van der Waals surface area contributed by atoms with E-state index < -0.39 is 11.9 Å². The van der Waals surface area contributed by atoms with Gasteiger partial charge in [0.1, 0.15) is 11.9 Å². The Balaban J connectivity index is 2.24. The molecule has 0 saturated heterocycles. The predicted octanol–water partition coefficient (Wildman–Crippen LogP) is 3.62. The van der Waals surface area contributed by atoms with E-state index in [9.17, 15) is 14.0 Å². The van der Waals surface area contributed by atoms with Crippen LogP contribution in [0.15, 0.2) is 48.5 Å². The van der Waals surface area contributed by atoms with Crippen LogP contribution >= 0.6 is 11.6 Å². The molecule has 0 aliphatic rings. The van der Waals surface area contributed by atoms with Crippen molar-refractivity contribution < 1.29 is 14.0 Å². The standard InChI is InChI=1S/C21H24ClFN2O2/c1-3-19(21(27)24-2)25(13-12-15-8-5-4-6-9-15)20(26)14-16-17(22)10-7-11-18(16)23/h4-11,19H,3,12-14H2,1-2H3,(H,24,27)/t19-/m1/s1. The lowest BCUT2D eigenvalue weighted by Crippen LogP contribution is -2.50. The Morgan fingerprint density at radius 1 is 1.15 bits per heavy atom. The van der Waals surface area contributed by atoms with Gasteiger partial charge in [-0.25, -0.2) is 4.39 Å². The van der Waals surface area contributed by atoms with Crippen molar-refractivity contribution in [2.45, 2.75) is 32.2 Å². The van der Waals surface area contributed by atoms with E-state index in [0.29, 0.717) is 19.4 Å². The van der Waals surface area contributed by atoms with E-state index in [1.54, 1.807) is 13.1 Å². The summed E-state index contributed by atoms with van der Waals surface area (Å²) in [7, 11) is 1.54. The Bertz CT molecular complexity index is 763. The van der Waals surface area contributed by atoms with Crippen molar-refractivity contribution in [2.75, 3.05) is 13.6 Å². The number of nitrogens with zero attached hydrogens (tertiary/aromatic N) is 1. The second kappa shape index (κ2) is 10.1. The van der Waals surface area contributed by atoms with E-state index in [4.69, 9.17) is 11.6 Å². The summed E-state index contributed by atoms with van der Waals surface area (Å²) in [6.07, 6.45) is 0.879. The fourth-order valence-electron chi connectivity index (χ4n) is 3.02. The molecule has 1 N–H and O–H groups in total. The van der Waals surface area contributed by atoms with E-state index in [1.165, 1.54) is 17.0 Å². The molecule has 0 heterocycles. The summed E-state index contributed by atoms with van der Waals surface area (Å²) < 4.78 is 14.1. The molecule has 0 saturated carbocycles. The van der Waals surface area contributed by atoms with E-state index in [0.717, 1.165) is 5.56 Å². The van der Waals surface area contributed by atoms with E-state index in [2.05, 4.69) is 5.32 Å². The number of carbonyl (C=O) groups is 2. The van der Waals surface area contributed by atoms with E-state index in [-0.39, 0.29) is 28.8 Å². The largest absolute Gasteiger partial charge is 0.357 e. The molecule has 0 fully saturated rings. The lowest BCUT2D eigenvalue weighted by molar-refractivity contribution is -0.140. The van der Waals surface area contributed by atoms with Crippen LogP contribution < -0.4 is 5.32 Å². The maximum absolute atomic E-state index is 14.1. The maximum Gasteiger partial charge on any atom is 0.242 e. The van der Waals surface area contributed by atoms with Gasteiger partial charge in [-0.2, -0.15) is 0 Å². The third-order valence-corrected chi connectivity index (χ3v) is 4.86. The zero-order valence-electron chi connectivity index (χ0n) is 15.5. The molecular formula is C21H24ClFN2O2. The highest BCUT2D eigenvalue weighted by Gasteiger charge is 2.28. The minimum Gasteiger partial charge on any atom is -0.357 e. The lowest BCUT2D eigenvalue weighted by Gasteiger charge is -2.30.